The van der Waals surface area contributed by atoms with Crippen molar-refractivity contribution in [1.82, 2.24) is 29.4 Å². The van der Waals surface area contributed by atoms with Crippen LogP contribution in [0.5, 0.6) is 0 Å². The van der Waals surface area contributed by atoms with Gasteiger partial charge in [-0.05, 0) is 24.1 Å². The van der Waals surface area contributed by atoms with Crippen molar-refractivity contribution in [2.75, 3.05) is 0 Å². The van der Waals surface area contributed by atoms with Crippen LogP contribution >= 0.6 is 0 Å². The molecule has 142 valence electrons. The van der Waals surface area contributed by atoms with Crippen LogP contribution in [0.25, 0.3) is 28.0 Å². The van der Waals surface area contributed by atoms with Gasteiger partial charge in [0.2, 0.25) is 0 Å². The zero-order valence-electron chi connectivity index (χ0n) is 16.3. The molecule has 0 aliphatic rings. The predicted molar refractivity (Wildman–Crippen MR) is 112 cm³/mol. The third kappa shape index (κ3) is 3.18. The first kappa shape index (κ1) is 17.3. The van der Waals surface area contributed by atoms with Crippen molar-refractivity contribution in [3.8, 4) is 22.4 Å². The molecule has 0 saturated heterocycles. The Bertz CT molecular complexity index is 1300. The van der Waals surface area contributed by atoms with Gasteiger partial charge in [0.1, 0.15) is 5.69 Å². The Morgan fingerprint density at radius 1 is 0.897 bits per heavy atom. The van der Waals surface area contributed by atoms with E-state index in [1.165, 1.54) is 0 Å². The van der Waals surface area contributed by atoms with Gasteiger partial charge in [-0.3, -0.25) is 9.67 Å². The summed E-state index contributed by atoms with van der Waals surface area (Å²) in [5.74, 6) is 0.749. The van der Waals surface area contributed by atoms with Crippen LogP contribution in [-0.2, 0) is 13.5 Å². The fourth-order valence-corrected chi connectivity index (χ4v) is 3.68. The Morgan fingerprint density at radius 3 is 2.41 bits per heavy atom. The predicted octanol–water partition coefficient (Wildman–Crippen LogP) is 4.09. The van der Waals surface area contributed by atoms with Crippen molar-refractivity contribution in [2.24, 2.45) is 7.05 Å². The van der Waals surface area contributed by atoms with E-state index in [1.54, 1.807) is 6.20 Å². The SMILES string of the molecule is Cc1cc(Cc2nc3c(-c4ccccc4-c4ccccc4)nccn3n2)n(C)n1. The number of hydrogen-bond acceptors (Lipinski definition) is 4. The van der Waals surface area contributed by atoms with Crippen LogP contribution in [0, 0.1) is 6.92 Å². The van der Waals surface area contributed by atoms with Crippen molar-refractivity contribution in [3.63, 3.8) is 0 Å². The Labute approximate surface area is 168 Å². The first-order chi connectivity index (χ1) is 14.2. The highest BCUT2D eigenvalue weighted by atomic mass is 15.3. The number of benzene rings is 2. The second-order valence-electron chi connectivity index (χ2n) is 7.06. The third-order valence-corrected chi connectivity index (χ3v) is 5.00. The molecule has 2 aromatic carbocycles. The van der Waals surface area contributed by atoms with Gasteiger partial charge in [-0.2, -0.15) is 10.2 Å². The summed E-state index contributed by atoms with van der Waals surface area (Å²) >= 11 is 0. The smallest absolute Gasteiger partial charge is 0.181 e. The number of hydrogen-bond donors (Lipinski definition) is 0. The average Bonchev–Trinajstić information content (AvgIpc) is 3.30. The molecule has 5 rings (SSSR count). The van der Waals surface area contributed by atoms with Crippen LogP contribution in [0.3, 0.4) is 0 Å². The molecule has 0 unspecified atom stereocenters. The number of aromatic nitrogens is 6. The summed E-state index contributed by atoms with van der Waals surface area (Å²) in [7, 11) is 1.95. The normalized spacial score (nSPS) is 11.2. The summed E-state index contributed by atoms with van der Waals surface area (Å²) in [6.07, 6.45) is 4.24. The standard InChI is InChI=1S/C23H20N6/c1-16-14-18(28(2)26-16)15-21-25-23-22(24-12-13-29(23)27-21)20-11-7-6-10-19(20)17-8-4-3-5-9-17/h3-14H,15H2,1-2H3. The molecule has 0 N–H and O–H groups in total. The molecule has 0 aliphatic carbocycles. The largest absolute Gasteiger partial charge is 0.272 e. The third-order valence-electron chi connectivity index (χ3n) is 5.00. The minimum atomic E-state index is 0.624. The van der Waals surface area contributed by atoms with Crippen LogP contribution in [-0.4, -0.2) is 29.4 Å². The van der Waals surface area contributed by atoms with E-state index in [0.717, 1.165) is 45.2 Å². The van der Waals surface area contributed by atoms with E-state index >= 15 is 0 Å². The number of nitrogens with zero attached hydrogens (tertiary/aromatic N) is 6. The summed E-state index contributed by atoms with van der Waals surface area (Å²) in [6, 6.07) is 20.7. The van der Waals surface area contributed by atoms with E-state index in [-0.39, 0.29) is 0 Å². The molecule has 0 bridgehead atoms. The van der Waals surface area contributed by atoms with E-state index in [9.17, 15) is 0 Å². The van der Waals surface area contributed by atoms with Gasteiger partial charge < -0.3 is 0 Å². The van der Waals surface area contributed by atoms with Crippen molar-refractivity contribution < 1.29 is 0 Å². The maximum absolute atomic E-state index is 4.82. The Morgan fingerprint density at radius 2 is 1.66 bits per heavy atom. The van der Waals surface area contributed by atoms with Gasteiger partial charge in [-0.15, -0.1) is 0 Å². The lowest BCUT2D eigenvalue weighted by Crippen LogP contribution is -2.00. The summed E-state index contributed by atoms with van der Waals surface area (Å²) in [5.41, 5.74) is 6.97. The molecule has 6 nitrogen and oxygen atoms in total. The molecule has 0 radical (unpaired) electrons. The lowest BCUT2D eigenvalue weighted by atomic mass is 9.98. The lowest BCUT2D eigenvalue weighted by Gasteiger charge is -2.09. The highest BCUT2D eigenvalue weighted by Gasteiger charge is 2.16. The molecule has 0 fully saturated rings. The molecule has 0 saturated carbocycles. The second-order valence-corrected chi connectivity index (χ2v) is 7.06. The van der Waals surface area contributed by atoms with E-state index in [1.807, 2.05) is 59.7 Å². The quantitative estimate of drug-likeness (QED) is 0.471. The molecule has 29 heavy (non-hydrogen) atoms. The lowest BCUT2D eigenvalue weighted by molar-refractivity contribution is 0.708. The van der Waals surface area contributed by atoms with Gasteiger partial charge in [0, 0.05) is 30.7 Å². The number of rotatable bonds is 4. The van der Waals surface area contributed by atoms with Crippen LogP contribution < -0.4 is 0 Å². The van der Waals surface area contributed by atoms with Crippen LogP contribution in [0.4, 0.5) is 0 Å². The number of aryl methyl sites for hydroxylation is 2. The molecule has 0 aliphatic heterocycles. The van der Waals surface area contributed by atoms with Crippen LogP contribution in [0.1, 0.15) is 17.2 Å². The molecular formula is C23H20N6. The zero-order valence-corrected chi connectivity index (χ0v) is 16.3. The maximum Gasteiger partial charge on any atom is 0.181 e. The molecular weight excluding hydrogens is 360 g/mol. The molecule has 3 aromatic heterocycles. The Kier molecular flexibility index (Phi) is 4.17. The minimum Gasteiger partial charge on any atom is -0.272 e. The zero-order chi connectivity index (χ0) is 19.8. The van der Waals surface area contributed by atoms with Gasteiger partial charge in [0.25, 0.3) is 0 Å². The fourth-order valence-electron chi connectivity index (χ4n) is 3.68. The molecule has 0 spiro atoms. The summed E-state index contributed by atoms with van der Waals surface area (Å²) < 4.78 is 3.69. The maximum atomic E-state index is 4.82. The second kappa shape index (κ2) is 6.98. The van der Waals surface area contributed by atoms with Gasteiger partial charge in [-0.1, -0.05) is 54.6 Å². The van der Waals surface area contributed by atoms with Crippen LogP contribution in [0.2, 0.25) is 0 Å². The highest BCUT2D eigenvalue weighted by molar-refractivity contribution is 5.86. The van der Waals surface area contributed by atoms with Crippen LogP contribution in [0.15, 0.2) is 73.1 Å². The topological polar surface area (TPSA) is 60.9 Å². The summed E-state index contributed by atoms with van der Waals surface area (Å²) in [4.78, 5) is 9.48. The van der Waals surface area contributed by atoms with Crippen molar-refractivity contribution in [1.29, 1.82) is 0 Å². The van der Waals surface area contributed by atoms with Crippen molar-refractivity contribution in [3.05, 3.63) is 90.3 Å². The number of fused-ring (bicyclic) bond motifs is 1. The van der Waals surface area contributed by atoms with Crippen molar-refractivity contribution in [2.45, 2.75) is 13.3 Å². The average molecular weight is 380 g/mol. The Hall–Kier alpha value is -3.80. The molecule has 5 aromatic rings. The molecule has 3 heterocycles. The van der Waals surface area contributed by atoms with E-state index in [2.05, 4.69) is 45.5 Å². The van der Waals surface area contributed by atoms with E-state index in [4.69, 9.17) is 4.98 Å². The van der Waals surface area contributed by atoms with Gasteiger partial charge in [0.15, 0.2) is 11.5 Å². The minimum absolute atomic E-state index is 0.624. The molecule has 0 atom stereocenters. The monoisotopic (exact) mass is 380 g/mol. The van der Waals surface area contributed by atoms with Gasteiger partial charge in [0.05, 0.1) is 12.1 Å². The first-order valence-electron chi connectivity index (χ1n) is 9.53. The molecule has 0 amide bonds. The first-order valence-corrected chi connectivity index (χ1v) is 9.53. The summed E-state index contributed by atoms with van der Waals surface area (Å²) in [6.45, 7) is 1.99. The van der Waals surface area contributed by atoms with Gasteiger partial charge >= 0.3 is 0 Å². The highest BCUT2D eigenvalue weighted by Crippen LogP contribution is 2.32. The molecule has 6 heteroatoms. The fraction of sp³-hybridized carbons (Fsp3) is 0.130. The van der Waals surface area contributed by atoms with Crippen molar-refractivity contribution >= 4 is 5.65 Å². The van der Waals surface area contributed by atoms with Gasteiger partial charge in [-0.25, -0.2) is 9.50 Å². The van der Waals surface area contributed by atoms with E-state index in [0.29, 0.717) is 6.42 Å². The van der Waals surface area contributed by atoms with E-state index < -0.39 is 0 Å². The summed E-state index contributed by atoms with van der Waals surface area (Å²) in [5, 5.41) is 9.08. The Balaban J connectivity index is 1.62.